The van der Waals surface area contributed by atoms with Crippen LogP contribution in [0, 0.1) is 0 Å². The molecule has 0 aliphatic carbocycles. The summed E-state index contributed by atoms with van der Waals surface area (Å²) in [5, 5.41) is 10.8. The van der Waals surface area contributed by atoms with E-state index in [2.05, 4.69) is 156 Å². The number of aromatic nitrogens is 2. The molecule has 12 aromatic rings. The summed E-state index contributed by atoms with van der Waals surface area (Å²) in [6, 6.07) is 74.1. The molecule has 9 aromatic carbocycles. The Hall–Kier alpha value is -7.10. The molecule has 0 spiro atoms. The summed E-state index contributed by atoms with van der Waals surface area (Å²) in [4.78, 5) is 5.50. The number of nitrogens with zero attached hydrogens (tertiary/aromatic N) is 2. The average Bonchev–Trinajstić information content (AvgIpc) is 3.88. The van der Waals surface area contributed by atoms with E-state index in [9.17, 15) is 0 Å². The molecule has 0 unspecified atom stereocenters. The minimum Gasteiger partial charge on any atom is -0.309 e. The largest absolute Gasteiger partial charge is 0.309 e. The minimum atomic E-state index is -3.14. The molecule has 12 rings (SSSR count). The third-order valence-corrected chi connectivity index (χ3v) is 16.3. The minimum absolute atomic E-state index is 0.813. The molecule has 3 nitrogen and oxygen atoms in total. The Balaban J connectivity index is 1.13. The van der Waals surface area contributed by atoms with E-state index in [1.807, 2.05) is 72.0 Å². The van der Waals surface area contributed by atoms with Crippen molar-refractivity contribution in [1.82, 2.24) is 9.55 Å². The summed E-state index contributed by atoms with van der Waals surface area (Å²) in [7, 11) is -3.14. The van der Waals surface area contributed by atoms with Crippen LogP contribution in [0.3, 0.4) is 0 Å². The molecule has 0 saturated carbocycles. The van der Waals surface area contributed by atoms with E-state index in [0.717, 1.165) is 65.8 Å². The van der Waals surface area contributed by atoms with Gasteiger partial charge in [-0.2, -0.15) is 0 Å². The third kappa shape index (κ3) is 5.28. The van der Waals surface area contributed by atoms with E-state index in [1.54, 1.807) is 0 Å². The molecule has 3 heterocycles. The van der Waals surface area contributed by atoms with Crippen LogP contribution in [-0.2, 0) is 4.57 Å². The highest BCUT2D eigenvalue weighted by Gasteiger charge is 2.30. The second-order valence-corrected chi connectivity index (χ2v) is 19.2. The molecule has 0 radical (unpaired) electrons. The Morgan fingerprint density at radius 1 is 0.433 bits per heavy atom. The number of pyridine rings is 1. The molecule has 0 atom stereocenters. The molecule has 0 fully saturated rings. The molecule has 5 heteroatoms. The Kier molecular flexibility index (Phi) is 8.00. The fraction of sp³-hybridized carbons (Fsp3) is 0. The lowest BCUT2D eigenvalue weighted by Crippen LogP contribution is -2.24. The van der Waals surface area contributed by atoms with Crippen molar-refractivity contribution in [3.05, 3.63) is 212 Å². The van der Waals surface area contributed by atoms with Gasteiger partial charge in [-0.15, -0.1) is 11.3 Å². The van der Waals surface area contributed by atoms with Crippen LogP contribution in [0.2, 0.25) is 0 Å². The lowest BCUT2D eigenvalue weighted by molar-refractivity contribution is 0.592. The van der Waals surface area contributed by atoms with E-state index in [-0.39, 0.29) is 0 Å². The monoisotopic (exact) mass is 802 g/mol. The Labute approximate surface area is 350 Å². The van der Waals surface area contributed by atoms with Gasteiger partial charge in [-0.25, -0.2) is 4.98 Å². The fourth-order valence-corrected chi connectivity index (χ4v) is 13.2. The maximum atomic E-state index is 15.3. The summed E-state index contributed by atoms with van der Waals surface area (Å²) in [6.07, 6.45) is 0. The number of fused-ring (bicyclic) bond motifs is 10. The van der Waals surface area contributed by atoms with Crippen LogP contribution < -0.4 is 15.9 Å². The maximum absolute atomic E-state index is 15.3. The van der Waals surface area contributed by atoms with Crippen LogP contribution in [0.5, 0.6) is 0 Å². The smallest absolute Gasteiger partial charge is 0.171 e. The van der Waals surface area contributed by atoms with Crippen molar-refractivity contribution in [2.24, 2.45) is 0 Å². The van der Waals surface area contributed by atoms with Crippen LogP contribution in [0.4, 0.5) is 0 Å². The zero-order chi connectivity index (χ0) is 39.8. The van der Waals surface area contributed by atoms with Gasteiger partial charge in [0.25, 0.3) is 0 Å². The first kappa shape index (κ1) is 34.9. The van der Waals surface area contributed by atoms with E-state index in [1.165, 1.54) is 41.8 Å². The second kappa shape index (κ2) is 13.7. The van der Waals surface area contributed by atoms with Gasteiger partial charge in [0.1, 0.15) is 0 Å². The second-order valence-electron chi connectivity index (χ2n) is 15.4. The molecule has 0 bridgehead atoms. The van der Waals surface area contributed by atoms with Crippen molar-refractivity contribution in [2.45, 2.75) is 0 Å². The quantitative estimate of drug-likeness (QED) is 0.124. The first-order chi connectivity index (χ1) is 29.6. The molecular weight excluding hydrogens is 768 g/mol. The zero-order valence-corrected chi connectivity index (χ0v) is 34.1. The number of thiophene rings is 1. The lowest BCUT2D eigenvalue weighted by Gasteiger charge is -2.20. The molecule has 0 aliphatic rings. The highest BCUT2D eigenvalue weighted by molar-refractivity contribution is 7.85. The number of hydrogen-bond donors (Lipinski definition) is 0. The van der Waals surface area contributed by atoms with Gasteiger partial charge in [0.2, 0.25) is 0 Å². The highest BCUT2D eigenvalue weighted by Crippen LogP contribution is 2.49. The molecule has 3 aromatic heterocycles. The molecule has 0 N–H and O–H groups in total. The molecule has 282 valence electrons. The van der Waals surface area contributed by atoms with Crippen molar-refractivity contribution >= 4 is 98.0 Å². The van der Waals surface area contributed by atoms with Crippen molar-refractivity contribution in [3.63, 3.8) is 0 Å². The number of para-hydroxylation sites is 3. The summed E-state index contributed by atoms with van der Waals surface area (Å²) in [5.41, 5.74) is 8.68. The summed E-state index contributed by atoms with van der Waals surface area (Å²) >= 11 is 1.84. The van der Waals surface area contributed by atoms with Gasteiger partial charge < -0.3 is 9.13 Å². The Morgan fingerprint density at radius 2 is 1.00 bits per heavy atom. The number of benzene rings is 9. The van der Waals surface area contributed by atoms with Crippen molar-refractivity contribution in [3.8, 4) is 28.1 Å². The predicted octanol–water partition coefficient (Wildman–Crippen LogP) is 13.8. The molecule has 0 amide bonds. The highest BCUT2D eigenvalue weighted by atomic mass is 32.1. The zero-order valence-electron chi connectivity index (χ0n) is 32.4. The van der Waals surface area contributed by atoms with E-state index in [4.69, 9.17) is 4.98 Å². The van der Waals surface area contributed by atoms with E-state index in [0.29, 0.717) is 0 Å². The van der Waals surface area contributed by atoms with Crippen LogP contribution >= 0.6 is 18.5 Å². The first-order valence-electron chi connectivity index (χ1n) is 20.2. The maximum Gasteiger partial charge on any atom is 0.171 e. The van der Waals surface area contributed by atoms with Crippen LogP contribution in [-0.4, -0.2) is 9.55 Å². The summed E-state index contributed by atoms with van der Waals surface area (Å²) in [5.74, 6) is 0. The number of rotatable bonds is 6. The van der Waals surface area contributed by atoms with Crippen molar-refractivity contribution < 1.29 is 4.57 Å². The van der Waals surface area contributed by atoms with E-state index >= 15 is 4.57 Å². The fourth-order valence-electron chi connectivity index (χ4n) is 9.31. The van der Waals surface area contributed by atoms with Gasteiger partial charge >= 0.3 is 0 Å². The molecule has 0 saturated heterocycles. The summed E-state index contributed by atoms with van der Waals surface area (Å²) in [6.45, 7) is 0. The Bertz CT molecular complexity index is 3630. The van der Waals surface area contributed by atoms with Gasteiger partial charge in [-0.05, 0) is 54.1 Å². The SMILES string of the molecule is O=P(c1ccccc1)(c1ccccc1)c1ccc(-c2cc3c(-c4ccc5c(c4)c4ccccc4n5-c4ccccc4)nc4ccccc4c3c3c2sc2ccccc23)cc1. The van der Waals surface area contributed by atoms with Crippen LogP contribution in [0.25, 0.3) is 91.7 Å². The Morgan fingerprint density at radius 3 is 1.73 bits per heavy atom. The average molecular weight is 803 g/mol. The van der Waals surface area contributed by atoms with Gasteiger partial charge in [-0.1, -0.05) is 164 Å². The third-order valence-electron chi connectivity index (χ3n) is 12.1. The molecule has 0 aliphatic heterocycles. The van der Waals surface area contributed by atoms with Crippen LogP contribution in [0.15, 0.2) is 212 Å². The van der Waals surface area contributed by atoms with Gasteiger partial charge in [0.05, 0.1) is 22.2 Å². The van der Waals surface area contributed by atoms with Gasteiger partial charge in [0.15, 0.2) is 7.14 Å². The van der Waals surface area contributed by atoms with Gasteiger partial charge in [-0.3, -0.25) is 0 Å². The number of hydrogen-bond acceptors (Lipinski definition) is 3. The van der Waals surface area contributed by atoms with Gasteiger partial charge in [0, 0.05) is 79.8 Å². The van der Waals surface area contributed by atoms with Crippen molar-refractivity contribution in [1.29, 1.82) is 0 Å². The summed E-state index contributed by atoms with van der Waals surface area (Å²) < 4.78 is 20.2. The van der Waals surface area contributed by atoms with Crippen molar-refractivity contribution in [2.75, 3.05) is 0 Å². The topological polar surface area (TPSA) is 34.9 Å². The van der Waals surface area contributed by atoms with Crippen LogP contribution in [0.1, 0.15) is 0 Å². The normalized spacial score (nSPS) is 12.1. The molecular formula is C55H35N2OPS. The molecule has 60 heavy (non-hydrogen) atoms. The first-order valence-corrected chi connectivity index (χ1v) is 22.8. The van der Waals surface area contributed by atoms with E-state index < -0.39 is 7.14 Å². The predicted molar refractivity (Wildman–Crippen MR) is 257 cm³/mol. The lowest BCUT2D eigenvalue weighted by atomic mass is 9.92. The standard InChI is InChI=1S/C55H35N2OPS/c58-59(39-18-6-2-7-19-39,40-20-8-3-9-21-40)41-31-28-36(29-32-41)45-35-47-52(53-44-24-12-15-27-51(44)60-55(45)53)43-23-10-13-25-48(43)56-54(47)37-30-33-50-46(34-37)42-22-11-14-26-49(42)57(50)38-16-4-1-5-17-38/h1-35H.